The number of carboxylic acid groups (broad SMARTS) is 3. The number of rotatable bonds is 23. The van der Waals surface area contributed by atoms with Crippen LogP contribution in [0.5, 0.6) is 0 Å². The van der Waals surface area contributed by atoms with Crippen LogP contribution < -0.4 is 26.6 Å². The van der Waals surface area contributed by atoms with E-state index < -0.39 is 59.2 Å². The van der Waals surface area contributed by atoms with E-state index in [1.54, 1.807) is 13.8 Å². The normalized spacial score (nSPS) is 17.6. The van der Waals surface area contributed by atoms with Gasteiger partial charge in [-0.1, -0.05) is 0 Å². The second-order valence-corrected chi connectivity index (χ2v) is 12.9. The number of hydrogen-bond donors (Lipinski definition) is 8. The van der Waals surface area contributed by atoms with E-state index in [0.29, 0.717) is 38.8 Å². The summed E-state index contributed by atoms with van der Waals surface area (Å²) in [5.74, 6) is -5.47. The Kier molecular flexibility index (Phi) is 18.6. The van der Waals surface area contributed by atoms with Crippen LogP contribution in [0.3, 0.4) is 0 Å². The van der Waals surface area contributed by atoms with Crippen molar-refractivity contribution in [3.05, 3.63) is 0 Å². The summed E-state index contributed by atoms with van der Waals surface area (Å²) in [6.45, 7) is 8.33. The molecule has 0 heterocycles. The predicted molar refractivity (Wildman–Crippen MR) is 169 cm³/mol. The summed E-state index contributed by atoms with van der Waals surface area (Å²) in [7, 11) is 0. The van der Waals surface area contributed by atoms with Crippen molar-refractivity contribution in [1.82, 2.24) is 26.6 Å². The summed E-state index contributed by atoms with van der Waals surface area (Å²) in [6, 6.07) is -2.47. The third-order valence-corrected chi connectivity index (χ3v) is 7.78. The van der Waals surface area contributed by atoms with Crippen molar-refractivity contribution in [3.63, 3.8) is 0 Å². The zero-order valence-electron chi connectivity index (χ0n) is 27.9. The van der Waals surface area contributed by atoms with Crippen LogP contribution in [0.25, 0.3) is 0 Å². The number of ether oxygens (including phenoxy) is 1. The van der Waals surface area contributed by atoms with Crippen molar-refractivity contribution in [2.24, 2.45) is 11.8 Å². The van der Waals surface area contributed by atoms with Gasteiger partial charge in [0.15, 0.2) is 0 Å². The largest absolute Gasteiger partial charge is 0.481 e. The molecule has 0 aliphatic heterocycles. The Balaban J connectivity index is 2.49. The van der Waals surface area contributed by atoms with Crippen LogP contribution in [0.15, 0.2) is 0 Å². The molecular formula is C31H53N5O11. The van der Waals surface area contributed by atoms with Crippen molar-refractivity contribution >= 4 is 41.5 Å². The van der Waals surface area contributed by atoms with E-state index in [0.717, 1.165) is 0 Å². The molecule has 0 aromatic carbocycles. The molecule has 268 valence electrons. The molecule has 0 bridgehead atoms. The van der Waals surface area contributed by atoms with Gasteiger partial charge in [0.2, 0.25) is 23.6 Å². The highest BCUT2D eigenvalue weighted by Gasteiger charge is 2.30. The average molecular weight is 672 g/mol. The van der Waals surface area contributed by atoms with Crippen LogP contribution in [0.2, 0.25) is 0 Å². The second kappa shape index (κ2) is 21.2. The zero-order chi connectivity index (χ0) is 35.6. The van der Waals surface area contributed by atoms with E-state index in [1.807, 2.05) is 13.8 Å². The molecule has 0 aromatic heterocycles. The molecule has 0 spiro atoms. The minimum Gasteiger partial charge on any atom is -0.481 e. The molecule has 0 unspecified atom stereocenters. The fourth-order valence-electron chi connectivity index (χ4n) is 5.15. The van der Waals surface area contributed by atoms with Crippen LogP contribution >= 0.6 is 0 Å². The summed E-state index contributed by atoms with van der Waals surface area (Å²) < 4.78 is 5.35. The lowest BCUT2D eigenvalue weighted by atomic mass is 9.81. The molecule has 8 N–H and O–H groups in total. The number of hydrogen-bond acceptors (Lipinski definition) is 9. The molecule has 4 amide bonds. The molecule has 1 aliphatic rings. The summed E-state index contributed by atoms with van der Waals surface area (Å²) >= 11 is 0. The molecule has 16 nitrogen and oxygen atoms in total. The molecule has 16 heteroatoms. The third-order valence-electron chi connectivity index (χ3n) is 7.78. The van der Waals surface area contributed by atoms with Gasteiger partial charge in [-0.3, -0.25) is 28.8 Å². The van der Waals surface area contributed by atoms with Gasteiger partial charge in [-0.05, 0) is 72.1 Å². The maximum atomic E-state index is 12.9. The van der Waals surface area contributed by atoms with Crippen LogP contribution in [0, 0.1) is 11.8 Å². The summed E-state index contributed by atoms with van der Waals surface area (Å²) in [6.07, 6.45) is 1.34. The Bertz CT molecular complexity index is 1070. The van der Waals surface area contributed by atoms with Gasteiger partial charge in [0.05, 0.1) is 19.1 Å². The minimum atomic E-state index is -1.33. The highest BCUT2D eigenvalue weighted by atomic mass is 16.5. The van der Waals surface area contributed by atoms with E-state index in [2.05, 4.69) is 26.6 Å². The molecule has 0 radical (unpaired) electrons. The summed E-state index contributed by atoms with van der Waals surface area (Å²) in [5, 5.41) is 41.1. The maximum absolute atomic E-state index is 12.9. The van der Waals surface area contributed by atoms with Crippen molar-refractivity contribution in [3.8, 4) is 0 Å². The molecule has 1 aliphatic carbocycles. The predicted octanol–water partition coefficient (Wildman–Crippen LogP) is 0.382. The zero-order valence-corrected chi connectivity index (χ0v) is 27.9. The summed E-state index contributed by atoms with van der Waals surface area (Å²) in [5.41, 5.74) is -0.634. The fourth-order valence-corrected chi connectivity index (χ4v) is 5.15. The Morgan fingerprint density at radius 1 is 0.766 bits per heavy atom. The monoisotopic (exact) mass is 671 g/mol. The molecule has 2 atom stereocenters. The van der Waals surface area contributed by atoms with Gasteiger partial charge >= 0.3 is 17.9 Å². The number of aliphatic carboxylic acids is 3. The molecule has 0 aromatic rings. The van der Waals surface area contributed by atoms with Crippen molar-refractivity contribution < 1.29 is 53.6 Å². The topological polar surface area (TPSA) is 250 Å². The van der Waals surface area contributed by atoms with E-state index in [4.69, 9.17) is 14.9 Å². The number of nitrogens with one attached hydrogen (secondary N) is 5. The van der Waals surface area contributed by atoms with E-state index >= 15 is 0 Å². The minimum absolute atomic E-state index is 0.0428. The van der Waals surface area contributed by atoms with Gasteiger partial charge in [-0.25, -0.2) is 4.79 Å². The molecule has 0 saturated heterocycles. The number of carbonyl (C=O) groups is 7. The van der Waals surface area contributed by atoms with Crippen molar-refractivity contribution in [2.75, 3.05) is 26.2 Å². The summed E-state index contributed by atoms with van der Waals surface area (Å²) in [4.78, 5) is 84.0. The molecule has 1 fully saturated rings. The third kappa shape index (κ3) is 18.8. The molecular weight excluding hydrogens is 618 g/mol. The SMILES string of the molecule is CC(C)OCCNC(=O)[C@H](CCC(=O)O)NC(=O)CC[C@H](NC(=O)C1CCC(CNC(=O)CCNC(C)(C)CC(=O)O)CC1)C(=O)O. The lowest BCUT2D eigenvalue weighted by molar-refractivity contribution is -0.143. The number of carboxylic acids is 3. The van der Waals surface area contributed by atoms with Crippen molar-refractivity contribution in [2.45, 2.75) is 116 Å². The lowest BCUT2D eigenvalue weighted by Crippen LogP contribution is -2.48. The van der Waals surface area contributed by atoms with E-state index in [9.17, 15) is 38.7 Å². The Labute approximate surface area is 275 Å². The smallest absolute Gasteiger partial charge is 0.326 e. The second-order valence-electron chi connectivity index (χ2n) is 12.9. The first-order chi connectivity index (χ1) is 22.0. The Hall–Kier alpha value is -3.79. The molecule has 1 saturated carbocycles. The van der Waals surface area contributed by atoms with Gasteiger partial charge in [0, 0.05) is 50.4 Å². The van der Waals surface area contributed by atoms with Gasteiger partial charge in [-0.15, -0.1) is 0 Å². The highest BCUT2D eigenvalue weighted by Crippen LogP contribution is 2.28. The fraction of sp³-hybridized carbons (Fsp3) is 0.774. The molecule has 1 rings (SSSR count). The van der Waals surface area contributed by atoms with Gasteiger partial charge in [-0.2, -0.15) is 0 Å². The van der Waals surface area contributed by atoms with Crippen LogP contribution in [0.1, 0.15) is 91.9 Å². The van der Waals surface area contributed by atoms with Crippen LogP contribution in [-0.4, -0.2) is 107 Å². The van der Waals surface area contributed by atoms with Gasteiger partial charge < -0.3 is 46.6 Å². The first-order valence-electron chi connectivity index (χ1n) is 16.2. The van der Waals surface area contributed by atoms with Crippen LogP contribution in [0.4, 0.5) is 0 Å². The number of carbonyl (C=O) groups excluding carboxylic acids is 4. The maximum Gasteiger partial charge on any atom is 0.326 e. The average Bonchev–Trinajstić information content (AvgIpc) is 2.97. The standard InChI is InChI=1S/C31H53N5O11/c1-19(2)47-16-15-32-29(44)22(10-12-26(39)40)35-25(38)11-9-23(30(45)46)36-28(43)21-7-5-20(6-8-21)18-33-24(37)13-14-34-31(3,4)17-27(41)42/h19-23,34H,5-18H2,1-4H3,(H,32,44)(H,33,37)(H,35,38)(H,36,43)(H,39,40)(H,41,42)(H,45,46)/t20?,21?,22-,23-/m0/s1. The first-order valence-corrected chi connectivity index (χ1v) is 16.2. The van der Waals surface area contributed by atoms with Gasteiger partial charge in [0.1, 0.15) is 12.1 Å². The lowest BCUT2D eigenvalue weighted by Gasteiger charge is -2.29. The Morgan fingerprint density at radius 2 is 1.40 bits per heavy atom. The van der Waals surface area contributed by atoms with Crippen LogP contribution in [-0.2, 0) is 38.3 Å². The first kappa shape index (κ1) is 41.2. The molecule has 47 heavy (non-hydrogen) atoms. The highest BCUT2D eigenvalue weighted by molar-refractivity contribution is 5.89. The van der Waals surface area contributed by atoms with Crippen molar-refractivity contribution in [1.29, 1.82) is 0 Å². The Morgan fingerprint density at radius 3 is 1.98 bits per heavy atom. The van der Waals surface area contributed by atoms with E-state index in [1.165, 1.54) is 0 Å². The number of amides is 4. The van der Waals surface area contributed by atoms with Gasteiger partial charge in [0.25, 0.3) is 0 Å². The van der Waals surface area contributed by atoms with E-state index in [-0.39, 0.29) is 69.6 Å². The quantitative estimate of drug-likeness (QED) is 0.0687.